The van der Waals surface area contributed by atoms with Crippen LogP contribution in [0.2, 0.25) is 0 Å². The molecule has 0 radical (unpaired) electrons. The van der Waals surface area contributed by atoms with Gasteiger partial charge in [-0.15, -0.1) is 0 Å². The summed E-state index contributed by atoms with van der Waals surface area (Å²) in [5, 5.41) is 20.4. The van der Waals surface area contributed by atoms with Gasteiger partial charge in [0.2, 0.25) is 5.88 Å². The number of aromatic nitrogens is 3. The van der Waals surface area contributed by atoms with Crippen LogP contribution in [-0.4, -0.2) is 24.3 Å². The van der Waals surface area contributed by atoms with Crippen LogP contribution in [0.15, 0.2) is 18.7 Å². The Hall–Kier alpha value is -1.91. The Morgan fingerprint density at radius 2 is 1.91 bits per heavy atom. The molecular weight excluding hydrogens is 278 g/mol. The minimum Gasteiger partial charge on any atom is -0.503 e. The number of hydrogen-bond acceptors (Lipinski definition) is 3. The minimum absolute atomic E-state index is 0.0222. The van der Waals surface area contributed by atoms with Gasteiger partial charge in [0.25, 0.3) is 0 Å². The van der Waals surface area contributed by atoms with Gasteiger partial charge in [0, 0.05) is 36.7 Å². The summed E-state index contributed by atoms with van der Waals surface area (Å²) in [5.74, 6) is 0.0885. The maximum atomic E-state index is 10.2. The predicted molar refractivity (Wildman–Crippen MR) is 87.2 cm³/mol. The molecule has 2 rings (SSSR count). The quantitative estimate of drug-likeness (QED) is 0.697. The van der Waals surface area contributed by atoms with Crippen molar-refractivity contribution in [2.24, 2.45) is 0 Å². The largest absolute Gasteiger partial charge is 0.503 e. The molecule has 5 nitrogen and oxygen atoms in total. The molecule has 0 saturated heterocycles. The van der Waals surface area contributed by atoms with Crippen molar-refractivity contribution in [1.82, 2.24) is 14.1 Å². The van der Waals surface area contributed by atoms with Crippen LogP contribution in [0.4, 0.5) is 0 Å². The first-order valence-corrected chi connectivity index (χ1v) is 8.26. The molecule has 0 aliphatic carbocycles. The lowest BCUT2D eigenvalue weighted by molar-refractivity contribution is 0.364. The van der Waals surface area contributed by atoms with Crippen LogP contribution in [0.3, 0.4) is 0 Å². The van der Waals surface area contributed by atoms with Gasteiger partial charge in [-0.3, -0.25) is 0 Å². The second-order valence-corrected chi connectivity index (χ2v) is 5.71. The fourth-order valence-corrected chi connectivity index (χ4v) is 2.96. The molecule has 2 N–H and O–H groups in total. The molecule has 2 heterocycles. The van der Waals surface area contributed by atoms with Crippen molar-refractivity contribution in [3.8, 4) is 11.6 Å². The average molecular weight is 305 g/mol. The van der Waals surface area contributed by atoms with Crippen molar-refractivity contribution < 1.29 is 10.2 Å². The highest BCUT2D eigenvalue weighted by molar-refractivity contribution is 5.47. The summed E-state index contributed by atoms with van der Waals surface area (Å²) in [5.41, 5.74) is 1.99. The fourth-order valence-electron chi connectivity index (χ4n) is 2.96. The summed E-state index contributed by atoms with van der Waals surface area (Å²) in [7, 11) is 0. The second kappa shape index (κ2) is 7.92. The second-order valence-electron chi connectivity index (χ2n) is 5.71. The van der Waals surface area contributed by atoms with E-state index in [1.54, 1.807) is 12.5 Å². The molecule has 0 bridgehead atoms. The van der Waals surface area contributed by atoms with Crippen molar-refractivity contribution in [3.63, 3.8) is 0 Å². The van der Waals surface area contributed by atoms with Crippen LogP contribution >= 0.6 is 0 Å². The Morgan fingerprint density at radius 1 is 1.09 bits per heavy atom. The highest BCUT2D eigenvalue weighted by Crippen LogP contribution is 2.36. The molecule has 0 unspecified atom stereocenters. The minimum atomic E-state index is 0.0222. The van der Waals surface area contributed by atoms with Crippen LogP contribution in [0.25, 0.3) is 0 Å². The first-order valence-electron chi connectivity index (χ1n) is 8.26. The van der Waals surface area contributed by atoms with Gasteiger partial charge in [-0.1, -0.05) is 26.7 Å². The molecule has 0 aliphatic heterocycles. The van der Waals surface area contributed by atoms with E-state index in [-0.39, 0.29) is 11.6 Å². The Bertz CT molecular complexity index is 573. The molecule has 0 atom stereocenters. The maximum Gasteiger partial charge on any atom is 0.235 e. The Kier molecular flexibility index (Phi) is 5.92. The predicted octanol–water partition coefficient (Wildman–Crippen LogP) is 3.48. The van der Waals surface area contributed by atoms with Crippen LogP contribution in [-0.2, 0) is 25.9 Å². The SMILES string of the molecule is CCCCCc1c(CC)c(O)c(O)n1CCCn1ccnc1. The van der Waals surface area contributed by atoms with Crippen molar-refractivity contribution in [2.75, 3.05) is 0 Å². The first-order chi connectivity index (χ1) is 10.7. The number of aromatic hydroxyl groups is 2. The van der Waals surface area contributed by atoms with E-state index < -0.39 is 0 Å². The van der Waals surface area contributed by atoms with Gasteiger partial charge in [0.05, 0.1) is 6.33 Å². The van der Waals surface area contributed by atoms with Crippen molar-refractivity contribution >= 4 is 0 Å². The number of imidazole rings is 1. The van der Waals surface area contributed by atoms with Gasteiger partial charge in [-0.25, -0.2) is 4.98 Å². The van der Waals surface area contributed by atoms with E-state index in [1.165, 1.54) is 12.8 Å². The number of rotatable bonds is 9. The van der Waals surface area contributed by atoms with E-state index in [0.29, 0.717) is 6.54 Å². The monoisotopic (exact) mass is 305 g/mol. The van der Waals surface area contributed by atoms with Gasteiger partial charge in [-0.05, 0) is 25.7 Å². The molecule has 122 valence electrons. The maximum absolute atomic E-state index is 10.2. The van der Waals surface area contributed by atoms with E-state index in [9.17, 15) is 10.2 Å². The highest BCUT2D eigenvalue weighted by atomic mass is 16.3. The third-order valence-corrected chi connectivity index (χ3v) is 4.16. The highest BCUT2D eigenvalue weighted by Gasteiger charge is 2.20. The molecule has 2 aromatic heterocycles. The zero-order valence-electron chi connectivity index (χ0n) is 13.6. The zero-order valence-corrected chi connectivity index (χ0v) is 13.6. The summed E-state index contributed by atoms with van der Waals surface area (Å²) in [6.07, 6.45) is 11.5. The van der Waals surface area contributed by atoms with Crippen molar-refractivity contribution in [1.29, 1.82) is 0 Å². The topological polar surface area (TPSA) is 63.2 Å². The third-order valence-electron chi connectivity index (χ3n) is 4.16. The molecule has 2 aromatic rings. The van der Waals surface area contributed by atoms with E-state index in [1.807, 2.05) is 22.3 Å². The zero-order chi connectivity index (χ0) is 15.9. The van der Waals surface area contributed by atoms with Gasteiger partial charge in [0.1, 0.15) is 0 Å². The van der Waals surface area contributed by atoms with Crippen LogP contribution < -0.4 is 0 Å². The van der Waals surface area contributed by atoms with Gasteiger partial charge in [-0.2, -0.15) is 0 Å². The summed E-state index contributed by atoms with van der Waals surface area (Å²) in [4.78, 5) is 4.03. The van der Waals surface area contributed by atoms with E-state index >= 15 is 0 Å². The molecule has 0 fully saturated rings. The van der Waals surface area contributed by atoms with Gasteiger partial charge < -0.3 is 19.3 Å². The molecule has 0 amide bonds. The Labute approximate surface area is 132 Å². The molecule has 0 aliphatic rings. The standard InChI is InChI=1S/C17H27N3O2/c1-3-5-6-8-15-14(4-2)16(21)17(22)20(15)11-7-10-19-12-9-18-13-19/h9,12-13,21-22H,3-8,10-11H2,1-2H3. The molecule has 0 aromatic carbocycles. The average Bonchev–Trinajstić information content (AvgIpc) is 3.10. The normalized spacial score (nSPS) is 11.2. The Balaban J connectivity index is 2.09. The molecule has 0 spiro atoms. The van der Waals surface area contributed by atoms with E-state index in [0.717, 1.165) is 43.5 Å². The summed E-state index contributed by atoms with van der Waals surface area (Å²) in [6.45, 7) is 5.76. The fraction of sp³-hybridized carbons (Fsp3) is 0.588. The molecule has 5 heteroatoms. The number of aryl methyl sites for hydroxylation is 1. The number of unbranched alkanes of at least 4 members (excludes halogenated alkanes) is 2. The van der Waals surface area contributed by atoms with Gasteiger partial charge >= 0.3 is 0 Å². The first kappa shape index (κ1) is 16.5. The smallest absolute Gasteiger partial charge is 0.235 e. The van der Waals surface area contributed by atoms with Gasteiger partial charge in [0.15, 0.2) is 5.75 Å². The lowest BCUT2D eigenvalue weighted by Gasteiger charge is -2.11. The van der Waals surface area contributed by atoms with Crippen molar-refractivity contribution in [2.45, 2.75) is 65.5 Å². The third kappa shape index (κ3) is 3.64. The molecule has 0 saturated carbocycles. The molecular formula is C17H27N3O2. The van der Waals surface area contributed by atoms with E-state index in [2.05, 4.69) is 11.9 Å². The number of nitrogens with zero attached hydrogens (tertiary/aromatic N) is 3. The van der Waals surface area contributed by atoms with Crippen LogP contribution in [0, 0.1) is 0 Å². The Morgan fingerprint density at radius 3 is 2.55 bits per heavy atom. The lowest BCUT2D eigenvalue weighted by atomic mass is 10.1. The van der Waals surface area contributed by atoms with E-state index in [4.69, 9.17) is 0 Å². The summed E-state index contributed by atoms with van der Waals surface area (Å²) < 4.78 is 3.92. The summed E-state index contributed by atoms with van der Waals surface area (Å²) >= 11 is 0. The summed E-state index contributed by atoms with van der Waals surface area (Å²) in [6, 6.07) is 0. The van der Waals surface area contributed by atoms with Crippen LogP contribution in [0.1, 0.15) is 50.8 Å². The molecule has 22 heavy (non-hydrogen) atoms. The van der Waals surface area contributed by atoms with Crippen LogP contribution in [0.5, 0.6) is 11.6 Å². The lowest BCUT2D eigenvalue weighted by Crippen LogP contribution is -2.07. The number of hydrogen-bond donors (Lipinski definition) is 2. The van der Waals surface area contributed by atoms with Crippen molar-refractivity contribution in [3.05, 3.63) is 30.0 Å².